The van der Waals surface area contributed by atoms with Crippen LogP contribution >= 0.6 is 11.6 Å². The molecule has 1 amide bonds. The van der Waals surface area contributed by atoms with Crippen molar-refractivity contribution in [3.05, 3.63) is 47.0 Å². The molecule has 0 heterocycles. The molecular formula is C16H17ClN2O5S. The molecule has 4 N–H and O–H groups in total. The summed E-state index contributed by atoms with van der Waals surface area (Å²) in [6, 6.07) is 8.30. The number of carbonyl (C=O) groups excluding carboxylic acids is 1. The molecule has 0 aliphatic carbocycles. The first-order chi connectivity index (χ1) is 11.6. The van der Waals surface area contributed by atoms with Crippen LogP contribution in [0.3, 0.4) is 0 Å². The number of nitrogens with one attached hydrogen (secondary N) is 1. The molecule has 2 aromatic carbocycles. The van der Waals surface area contributed by atoms with Crippen LogP contribution in [0.1, 0.15) is 24.2 Å². The Morgan fingerprint density at radius 3 is 2.36 bits per heavy atom. The second-order valence-electron chi connectivity index (χ2n) is 5.46. The molecule has 0 aromatic heterocycles. The van der Waals surface area contributed by atoms with Crippen LogP contribution in [0.2, 0.25) is 5.02 Å². The highest BCUT2D eigenvalue weighted by atomic mass is 35.5. The predicted octanol–water partition coefficient (Wildman–Crippen LogP) is 2.73. The van der Waals surface area contributed by atoms with Gasteiger partial charge in [0, 0.05) is 5.69 Å². The van der Waals surface area contributed by atoms with Gasteiger partial charge in [-0.15, -0.1) is 0 Å². The average Bonchev–Trinajstić information content (AvgIpc) is 2.50. The van der Waals surface area contributed by atoms with Crippen molar-refractivity contribution in [1.29, 1.82) is 0 Å². The summed E-state index contributed by atoms with van der Waals surface area (Å²) >= 11 is 5.77. The number of ether oxygens (including phenoxy) is 1. The zero-order valence-corrected chi connectivity index (χ0v) is 15.1. The lowest BCUT2D eigenvalue weighted by Crippen LogP contribution is -2.16. The third-order valence-corrected chi connectivity index (χ3v) is 4.74. The molecule has 25 heavy (non-hydrogen) atoms. The molecule has 0 radical (unpaired) electrons. The lowest BCUT2D eigenvalue weighted by Gasteiger charge is -2.12. The summed E-state index contributed by atoms with van der Waals surface area (Å²) in [6.45, 7) is 3.75. The molecule has 2 rings (SSSR count). The summed E-state index contributed by atoms with van der Waals surface area (Å²) in [6.07, 6.45) is -0.00565. The van der Waals surface area contributed by atoms with Gasteiger partial charge in [-0.2, -0.15) is 0 Å². The van der Waals surface area contributed by atoms with E-state index < -0.39 is 21.7 Å². The number of benzene rings is 2. The number of amides is 1. The highest BCUT2D eigenvalue weighted by molar-refractivity contribution is 7.92. The first-order valence-electron chi connectivity index (χ1n) is 7.22. The summed E-state index contributed by atoms with van der Waals surface area (Å²) < 4.78 is 32.8. The summed E-state index contributed by atoms with van der Waals surface area (Å²) in [5.41, 5.74) is 5.03. The Bertz CT molecular complexity index is 895. The Kier molecular flexibility index (Phi) is 5.44. The minimum Gasteiger partial charge on any atom is -0.506 e. The van der Waals surface area contributed by atoms with E-state index in [0.29, 0.717) is 11.4 Å². The van der Waals surface area contributed by atoms with E-state index in [9.17, 15) is 18.3 Å². The van der Waals surface area contributed by atoms with Gasteiger partial charge in [0.05, 0.1) is 21.6 Å². The lowest BCUT2D eigenvalue weighted by molar-refractivity contribution is 0.0997. The second kappa shape index (κ2) is 7.20. The van der Waals surface area contributed by atoms with Crippen LogP contribution in [0.4, 0.5) is 5.69 Å². The molecule has 9 heteroatoms. The number of sulfonamides is 1. The van der Waals surface area contributed by atoms with Gasteiger partial charge in [0.15, 0.2) is 0 Å². The molecule has 0 saturated carbocycles. The van der Waals surface area contributed by atoms with Crippen LogP contribution in [0.25, 0.3) is 0 Å². The van der Waals surface area contributed by atoms with E-state index in [1.54, 1.807) is 12.1 Å². The first kappa shape index (κ1) is 18.9. The number of hydrogen-bond acceptors (Lipinski definition) is 5. The lowest BCUT2D eigenvalue weighted by atomic mass is 10.2. The second-order valence-corrected chi connectivity index (χ2v) is 7.55. The van der Waals surface area contributed by atoms with E-state index in [1.165, 1.54) is 12.1 Å². The third-order valence-electron chi connectivity index (χ3n) is 3.09. The van der Waals surface area contributed by atoms with Crippen molar-refractivity contribution in [2.45, 2.75) is 24.8 Å². The maximum atomic E-state index is 12.5. The molecule has 0 spiro atoms. The average molecular weight is 385 g/mol. The molecular weight excluding hydrogens is 368 g/mol. The Balaban J connectivity index is 2.32. The maximum absolute atomic E-state index is 12.5. The number of nitrogens with two attached hydrogens (primary N) is 1. The van der Waals surface area contributed by atoms with Crippen LogP contribution in [0, 0.1) is 0 Å². The molecule has 0 aliphatic rings. The van der Waals surface area contributed by atoms with Crippen molar-refractivity contribution in [3.8, 4) is 11.5 Å². The zero-order chi connectivity index (χ0) is 18.8. The van der Waals surface area contributed by atoms with Gasteiger partial charge in [-0.1, -0.05) is 11.6 Å². The zero-order valence-electron chi connectivity index (χ0n) is 13.5. The van der Waals surface area contributed by atoms with E-state index in [2.05, 4.69) is 4.72 Å². The number of halogens is 1. The standard InChI is InChI=1S/C16H17ClN2O5S/c1-9(2)24-11-5-3-10(4-6-11)19-25(22,23)12-7-13(16(18)21)15(20)14(17)8-12/h3-9,19-20H,1-2H3,(H2,18,21). The van der Waals surface area contributed by atoms with Crippen LogP contribution in [-0.4, -0.2) is 25.5 Å². The fourth-order valence-corrected chi connectivity index (χ4v) is 3.40. The van der Waals surface area contributed by atoms with E-state index in [-0.39, 0.29) is 21.6 Å². The molecule has 134 valence electrons. The Labute approximate surface area is 150 Å². The summed E-state index contributed by atoms with van der Waals surface area (Å²) in [5, 5.41) is 9.39. The molecule has 0 aliphatic heterocycles. The Morgan fingerprint density at radius 2 is 1.84 bits per heavy atom. The SMILES string of the molecule is CC(C)Oc1ccc(NS(=O)(=O)c2cc(Cl)c(O)c(C(N)=O)c2)cc1. The van der Waals surface area contributed by atoms with E-state index >= 15 is 0 Å². The number of carbonyl (C=O) groups is 1. The van der Waals surface area contributed by atoms with Gasteiger partial charge in [-0.05, 0) is 50.2 Å². The van der Waals surface area contributed by atoms with E-state index in [4.69, 9.17) is 22.1 Å². The van der Waals surface area contributed by atoms with Gasteiger partial charge >= 0.3 is 0 Å². The highest BCUT2D eigenvalue weighted by Crippen LogP contribution is 2.31. The number of aromatic hydroxyl groups is 1. The van der Waals surface area contributed by atoms with Crippen molar-refractivity contribution in [2.24, 2.45) is 5.73 Å². The summed E-state index contributed by atoms with van der Waals surface area (Å²) in [5.74, 6) is -0.961. The minimum atomic E-state index is -4.04. The maximum Gasteiger partial charge on any atom is 0.261 e. The quantitative estimate of drug-likeness (QED) is 0.707. The predicted molar refractivity (Wildman–Crippen MR) is 94.6 cm³/mol. The number of anilines is 1. The van der Waals surface area contributed by atoms with Crippen LogP contribution in [-0.2, 0) is 10.0 Å². The van der Waals surface area contributed by atoms with Crippen LogP contribution in [0.5, 0.6) is 11.5 Å². The highest BCUT2D eigenvalue weighted by Gasteiger charge is 2.21. The number of primary amides is 1. The topological polar surface area (TPSA) is 119 Å². The van der Waals surface area contributed by atoms with Crippen LogP contribution in [0.15, 0.2) is 41.3 Å². The molecule has 7 nitrogen and oxygen atoms in total. The fraction of sp³-hybridized carbons (Fsp3) is 0.188. The van der Waals surface area contributed by atoms with Crippen molar-refractivity contribution in [1.82, 2.24) is 0 Å². The first-order valence-corrected chi connectivity index (χ1v) is 9.08. The summed E-state index contributed by atoms with van der Waals surface area (Å²) in [7, 11) is -4.04. The smallest absolute Gasteiger partial charge is 0.261 e. The third kappa shape index (κ3) is 4.55. The normalized spacial score (nSPS) is 11.4. The molecule has 0 bridgehead atoms. The molecule has 0 unspecified atom stereocenters. The van der Waals surface area contributed by atoms with Gasteiger partial charge in [0.1, 0.15) is 11.5 Å². The van der Waals surface area contributed by atoms with Crippen molar-refractivity contribution >= 4 is 33.2 Å². The molecule has 0 fully saturated rings. The van der Waals surface area contributed by atoms with E-state index in [0.717, 1.165) is 12.1 Å². The number of hydrogen-bond donors (Lipinski definition) is 3. The van der Waals surface area contributed by atoms with E-state index in [1.807, 2.05) is 13.8 Å². The van der Waals surface area contributed by atoms with Gasteiger partial charge in [-0.25, -0.2) is 8.42 Å². The number of rotatable bonds is 6. The molecule has 0 saturated heterocycles. The van der Waals surface area contributed by atoms with Gasteiger partial charge in [0.25, 0.3) is 15.9 Å². The van der Waals surface area contributed by atoms with Crippen molar-refractivity contribution in [2.75, 3.05) is 4.72 Å². The monoisotopic (exact) mass is 384 g/mol. The number of phenols is 1. The fourth-order valence-electron chi connectivity index (χ4n) is 2.00. The molecule has 0 atom stereocenters. The Hall–Kier alpha value is -2.45. The van der Waals surface area contributed by atoms with Gasteiger partial charge < -0.3 is 15.6 Å². The van der Waals surface area contributed by atoms with Gasteiger partial charge in [-0.3, -0.25) is 9.52 Å². The van der Waals surface area contributed by atoms with Gasteiger partial charge in [0.2, 0.25) is 0 Å². The van der Waals surface area contributed by atoms with Crippen LogP contribution < -0.4 is 15.2 Å². The minimum absolute atomic E-state index is 0.00565. The Morgan fingerprint density at radius 1 is 1.24 bits per heavy atom. The largest absolute Gasteiger partial charge is 0.506 e. The molecule has 2 aromatic rings. The van der Waals surface area contributed by atoms with Crippen molar-refractivity contribution < 1.29 is 23.1 Å². The summed E-state index contributed by atoms with van der Waals surface area (Å²) in [4.78, 5) is 11.0. The van der Waals surface area contributed by atoms with Crippen molar-refractivity contribution in [3.63, 3.8) is 0 Å².